The number of rotatable bonds is 2. The van der Waals surface area contributed by atoms with E-state index in [4.69, 9.17) is 5.73 Å². The van der Waals surface area contributed by atoms with Crippen LogP contribution >= 0.6 is 11.3 Å². The van der Waals surface area contributed by atoms with Gasteiger partial charge in [-0.2, -0.15) is 0 Å². The summed E-state index contributed by atoms with van der Waals surface area (Å²) in [6.07, 6.45) is 3.78. The first-order valence-corrected chi connectivity index (χ1v) is 6.35. The molecule has 7 heteroatoms. The first-order chi connectivity index (χ1) is 8.74. The number of nitrogens with zero attached hydrogens (tertiary/aromatic N) is 4. The Morgan fingerprint density at radius 3 is 2.78 bits per heavy atom. The van der Waals surface area contributed by atoms with Crippen molar-refractivity contribution in [3.05, 3.63) is 24.5 Å². The number of carbonyl (C=O) groups excluding carboxylic acids is 1. The normalized spacial score (nSPS) is 19.5. The average molecular weight is 261 g/mol. The average Bonchev–Trinajstić information content (AvgIpc) is 2.97. The second-order valence-electron chi connectivity index (χ2n) is 4.09. The van der Waals surface area contributed by atoms with Crippen LogP contribution in [0.2, 0.25) is 0 Å². The van der Waals surface area contributed by atoms with Gasteiger partial charge in [0.1, 0.15) is 5.01 Å². The molecule has 0 radical (unpaired) electrons. The van der Waals surface area contributed by atoms with Gasteiger partial charge in [-0.15, -0.1) is 10.2 Å². The predicted octanol–water partition coefficient (Wildman–Crippen LogP) is 0.664. The maximum Gasteiger partial charge on any atom is 0.230 e. The van der Waals surface area contributed by atoms with E-state index in [9.17, 15) is 4.79 Å². The van der Waals surface area contributed by atoms with Crippen molar-refractivity contribution in [3.63, 3.8) is 0 Å². The Morgan fingerprint density at radius 1 is 1.33 bits per heavy atom. The molecular weight excluding hydrogens is 250 g/mol. The number of carbonyl (C=O) groups is 1. The summed E-state index contributed by atoms with van der Waals surface area (Å²) in [5, 5.41) is 9.54. The quantitative estimate of drug-likeness (QED) is 0.858. The second-order valence-corrected chi connectivity index (χ2v) is 5.05. The van der Waals surface area contributed by atoms with Crippen molar-refractivity contribution in [2.75, 3.05) is 11.4 Å². The van der Waals surface area contributed by atoms with Crippen molar-refractivity contribution in [1.82, 2.24) is 15.2 Å². The molecule has 1 amide bonds. The topological polar surface area (TPSA) is 85.0 Å². The maximum atomic E-state index is 11.7. The van der Waals surface area contributed by atoms with Crippen molar-refractivity contribution < 1.29 is 4.79 Å². The molecule has 0 bridgehead atoms. The molecule has 0 aromatic carbocycles. The molecule has 0 aliphatic carbocycles. The Hall–Kier alpha value is -1.86. The lowest BCUT2D eigenvalue weighted by Gasteiger charge is -2.09. The lowest BCUT2D eigenvalue weighted by Crippen LogP contribution is -2.27. The zero-order valence-electron chi connectivity index (χ0n) is 9.48. The predicted molar refractivity (Wildman–Crippen MR) is 68.1 cm³/mol. The van der Waals surface area contributed by atoms with Crippen LogP contribution < -0.4 is 10.6 Å². The van der Waals surface area contributed by atoms with Crippen LogP contribution in [0, 0.1) is 0 Å². The molecule has 18 heavy (non-hydrogen) atoms. The van der Waals surface area contributed by atoms with E-state index in [1.54, 1.807) is 17.3 Å². The third kappa shape index (κ3) is 1.98. The summed E-state index contributed by atoms with van der Waals surface area (Å²) in [5.74, 6) is 0.0138. The van der Waals surface area contributed by atoms with Crippen molar-refractivity contribution in [2.24, 2.45) is 5.73 Å². The SMILES string of the molecule is NC1CC(=O)N(c2nnc(-c3ccncc3)s2)C1. The van der Waals surface area contributed by atoms with Gasteiger partial charge in [-0.05, 0) is 12.1 Å². The van der Waals surface area contributed by atoms with Gasteiger partial charge in [0.25, 0.3) is 0 Å². The molecule has 1 unspecified atom stereocenters. The number of aromatic nitrogens is 3. The Balaban J connectivity index is 1.88. The van der Waals surface area contributed by atoms with Crippen LogP contribution in [0.25, 0.3) is 10.6 Å². The number of anilines is 1. The van der Waals surface area contributed by atoms with E-state index in [0.29, 0.717) is 18.1 Å². The van der Waals surface area contributed by atoms with Crippen molar-refractivity contribution in [1.29, 1.82) is 0 Å². The highest BCUT2D eigenvalue weighted by atomic mass is 32.1. The Morgan fingerprint density at radius 2 is 2.11 bits per heavy atom. The lowest BCUT2D eigenvalue weighted by atomic mass is 10.3. The molecule has 1 atom stereocenters. The van der Waals surface area contributed by atoms with E-state index >= 15 is 0 Å². The van der Waals surface area contributed by atoms with E-state index in [1.807, 2.05) is 12.1 Å². The van der Waals surface area contributed by atoms with Crippen LogP contribution in [0.5, 0.6) is 0 Å². The summed E-state index contributed by atoms with van der Waals surface area (Å²) in [5.41, 5.74) is 6.71. The number of amides is 1. The molecule has 2 aromatic rings. The molecule has 2 N–H and O–H groups in total. The zero-order chi connectivity index (χ0) is 12.5. The highest BCUT2D eigenvalue weighted by molar-refractivity contribution is 7.18. The Labute approximate surface area is 107 Å². The van der Waals surface area contributed by atoms with E-state index in [1.165, 1.54) is 11.3 Å². The summed E-state index contributed by atoms with van der Waals surface area (Å²) < 4.78 is 0. The standard InChI is InChI=1S/C11H11N5OS/c12-8-5-9(17)16(6-8)11-15-14-10(18-11)7-1-3-13-4-2-7/h1-4,8H,5-6,12H2. The Bertz CT molecular complexity index is 570. The summed E-state index contributed by atoms with van der Waals surface area (Å²) in [6.45, 7) is 0.518. The van der Waals surface area contributed by atoms with Crippen molar-refractivity contribution in [2.45, 2.75) is 12.5 Å². The minimum atomic E-state index is -0.106. The van der Waals surface area contributed by atoms with E-state index in [0.717, 1.165) is 10.6 Å². The van der Waals surface area contributed by atoms with Gasteiger partial charge in [0.05, 0.1) is 0 Å². The fourth-order valence-corrected chi connectivity index (χ4v) is 2.73. The molecule has 3 heterocycles. The molecule has 0 spiro atoms. The lowest BCUT2D eigenvalue weighted by molar-refractivity contribution is -0.117. The van der Waals surface area contributed by atoms with Crippen LogP contribution in [0.3, 0.4) is 0 Å². The van der Waals surface area contributed by atoms with Gasteiger partial charge in [-0.1, -0.05) is 11.3 Å². The van der Waals surface area contributed by atoms with Crippen LogP contribution in [-0.2, 0) is 4.79 Å². The Kier molecular flexibility index (Phi) is 2.77. The molecule has 3 rings (SSSR count). The van der Waals surface area contributed by atoms with E-state index < -0.39 is 0 Å². The molecule has 2 aromatic heterocycles. The molecular formula is C11H11N5OS. The van der Waals surface area contributed by atoms with Crippen molar-refractivity contribution >= 4 is 22.4 Å². The highest BCUT2D eigenvalue weighted by Gasteiger charge is 2.30. The van der Waals surface area contributed by atoms with Crippen LogP contribution in [0.4, 0.5) is 5.13 Å². The molecule has 1 fully saturated rings. The monoisotopic (exact) mass is 261 g/mol. The summed E-state index contributed by atoms with van der Waals surface area (Å²) in [7, 11) is 0. The van der Waals surface area contributed by atoms with Crippen LogP contribution in [0.15, 0.2) is 24.5 Å². The minimum absolute atomic E-state index is 0.0138. The minimum Gasteiger partial charge on any atom is -0.326 e. The fourth-order valence-electron chi connectivity index (χ4n) is 1.86. The van der Waals surface area contributed by atoms with Crippen LogP contribution in [-0.4, -0.2) is 33.7 Å². The smallest absolute Gasteiger partial charge is 0.230 e. The third-order valence-corrected chi connectivity index (χ3v) is 3.72. The summed E-state index contributed by atoms with van der Waals surface area (Å²) in [6, 6.07) is 3.62. The fraction of sp³-hybridized carbons (Fsp3) is 0.273. The third-order valence-electron chi connectivity index (χ3n) is 2.73. The number of pyridine rings is 1. The maximum absolute atomic E-state index is 11.7. The first-order valence-electron chi connectivity index (χ1n) is 5.54. The molecule has 1 saturated heterocycles. The van der Waals surface area contributed by atoms with Gasteiger partial charge >= 0.3 is 0 Å². The van der Waals surface area contributed by atoms with Gasteiger partial charge < -0.3 is 5.73 Å². The number of nitrogens with two attached hydrogens (primary N) is 1. The second kappa shape index (κ2) is 4.43. The van der Waals surface area contributed by atoms with Crippen LogP contribution in [0.1, 0.15) is 6.42 Å². The molecule has 1 aliphatic rings. The molecule has 6 nitrogen and oxygen atoms in total. The first kappa shape index (κ1) is 11.2. The number of hydrogen-bond donors (Lipinski definition) is 1. The van der Waals surface area contributed by atoms with Gasteiger partial charge in [0.15, 0.2) is 0 Å². The van der Waals surface area contributed by atoms with Gasteiger partial charge in [0, 0.05) is 37.0 Å². The number of hydrogen-bond acceptors (Lipinski definition) is 6. The zero-order valence-corrected chi connectivity index (χ0v) is 10.3. The van der Waals surface area contributed by atoms with Gasteiger partial charge in [-0.25, -0.2) is 0 Å². The van der Waals surface area contributed by atoms with E-state index in [-0.39, 0.29) is 11.9 Å². The molecule has 1 aliphatic heterocycles. The van der Waals surface area contributed by atoms with E-state index in [2.05, 4.69) is 15.2 Å². The largest absolute Gasteiger partial charge is 0.326 e. The van der Waals surface area contributed by atoms with Crippen molar-refractivity contribution in [3.8, 4) is 10.6 Å². The van der Waals surface area contributed by atoms with Gasteiger partial charge in [0.2, 0.25) is 11.0 Å². The molecule has 92 valence electrons. The highest BCUT2D eigenvalue weighted by Crippen LogP contribution is 2.30. The molecule has 0 saturated carbocycles. The summed E-state index contributed by atoms with van der Waals surface area (Å²) in [4.78, 5) is 17.3. The van der Waals surface area contributed by atoms with Gasteiger partial charge in [-0.3, -0.25) is 14.7 Å². The summed E-state index contributed by atoms with van der Waals surface area (Å²) >= 11 is 1.39.